The van der Waals surface area contributed by atoms with Crippen LogP contribution in [0.1, 0.15) is 25.3 Å². The molecule has 0 aromatic heterocycles. The second-order valence-electron chi connectivity index (χ2n) is 7.34. The number of carbonyl (C=O) groups is 1. The lowest BCUT2D eigenvalue weighted by Crippen LogP contribution is -2.49. The molecule has 156 valence electrons. The SMILES string of the molecule is C[C@H](C(=O)Nc1ccc(OCc2ccccc2)cc1)N1CCC[C@@H](C(F)(F)F)C1. The average Bonchev–Trinajstić information content (AvgIpc) is 2.73. The van der Waals surface area contributed by atoms with E-state index in [1.165, 1.54) is 0 Å². The lowest BCUT2D eigenvalue weighted by Gasteiger charge is -2.36. The zero-order chi connectivity index (χ0) is 20.9. The highest BCUT2D eigenvalue weighted by atomic mass is 19.4. The van der Waals surface area contributed by atoms with Crippen molar-refractivity contribution in [3.63, 3.8) is 0 Å². The zero-order valence-electron chi connectivity index (χ0n) is 16.3. The molecule has 1 aliphatic heterocycles. The number of nitrogens with zero attached hydrogens (tertiary/aromatic N) is 1. The van der Waals surface area contributed by atoms with Crippen LogP contribution in [-0.4, -0.2) is 36.1 Å². The van der Waals surface area contributed by atoms with Gasteiger partial charge in [-0.3, -0.25) is 9.69 Å². The van der Waals surface area contributed by atoms with Crippen LogP contribution < -0.4 is 10.1 Å². The summed E-state index contributed by atoms with van der Waals surface area (Å²) in [7, 11) is 0. The van der Waals surface area contributed by atoms with Gasteiger partial charge in [0.15, 0.2) is 0 Å². The van der Waals surface area contributed by atoms with Crippen LogP contribution in [0.25, 0.3) is 0 Å². The number of nitrogens with one attached hydrogen (secondary N) is 1. The first kappa shape index (κ1) is 21.2. The van der Waals surface area contributed by atoms with Crippen LogP contribution in [0.2, 0.25) is 0 Å². The Morgan fingerprint density at radius 1 is 1.17 bits per heavy atom. The van der Waals surface area contributed by atoms with E-state index in [2.05, 4.69) is 5.32 Å². The van der Waals surface area contributed by atoms with Gasteiger partial charge in [0.05, 0.1) is 12.0 Å². The molecule has 0 bridgehead atoms. The van der Waals surface area contributed by atoms with Crippen LogP contribution in [0.4, 0.5) is 18.9 Å². The summed E-state index contributed by atoms with van der Waals surface area (Å²) in [5.41, 5.74) is 1.63. The van der Waals surface area contributed by atoms with Gasteiger partial charge in [-0.15, -0.1) is 0 Å². The Balaban J connectivity index is 1.52. The van der Waals surface area contributed by atoms with Gasteiger partial charge in [-0.05, 0) is 56.1 Å². The molecule has 0 aliphatic carbocycles. The standard InChI is InChI=1S/C22H25F3N2O2/c1-16(27-13-5-8-18(14-27)22(23,24)25)21(28)26-19-9-11-20(12-10-19)29-15-17-6-3-2-4-7-17/h2-4,6-7,9-12,16,18H,5,8,13-15H2,1H3,(H,26,28)/t16-,18-/m1/s1. The summed E-state index contributed by atoms with van der Waals surface area (Å²) in [6, 6.07) is 16.1. The van der Waals surface area contributed by atoms with Gasteiger partial charge in [0, 0.05) is 12.2 Å². The molecule has 3 rings (SSSR count). The summed E-state index contributed by atoms with van der Waals surface area (Å²) in [5, 5.41) is 2.78. The van der Waals surface area contributed by atoms with Crippen molar-refractivity contribution < 1.29 is 22.7 Å². The number of halogens is 3. The molecule has 2 aromatic carbocycles. The van der Waals surface area contributed by atoms with Crippen molar-refractivity contribution in [2.45, 2.75) is 38.6 Å². The van der Waals surface area contributed by atoms with E-state index in [4.69, 9.17) is 4.74 Å². The molecule has 1 N–H and O–H groups in total. The van der Waals surface area contributed by atoms with Crippen molar-refractivity contribution in [1.82, 2.24) is 4.90 Å². The van der Waals surface area contributed by atoms with Crippen molar-refractivity contribution in [2.24, 2.45) is 5.92 Å². The number of likely N-dealkylation sites (tertiary alicyclic amines) is 1. The van der Waals surface area contributed by atoms with E-state index in [1.807, 2.05) is 30.3 Å². The van der Waals surface area contributed by atoms with E-state index in [-0.39, 0.29) is 18.9 Å². The average molecular weight is 406 g/mol. The fourth-order valence-corrected chi connectivity index (χ4v) is 3.41. The number of carbonyl (C=O) groups excluding carboxylic acids is 1. The molecule has 0 unspecified atom stereocenters. The van der Waals surface area contributed by atoms with E-state index in [0.29, 0.717) is 31.0 Å². The van der Waals surface area contributed by atoms with Gasteiger partial charge < -0.3 is 10.1 Å². The number of piperidine rings is 1. The first-order valence-electron chi connectivity index (χ1n) is 9.71. The van der Waals surface area contributed by atoms with Gasteiger partial charge in [-0.25, -0.2) is 0 Å². The van der Waals surface area contributed by atoms with Crippen molar-refractivity contribution in [2.75, 3.05) is 18.4 Å². The van der Waals surface area contributed by atoms with Crippen molar-refractivity contribution in [3.8, 4) is 5.75 Å². The fourth-order valence-electron chi connectivity index (χ4n) is 3.41. The molecule has 1 heterocycles. The van der Waals surface area contributed by atoms with Crippen LogP contribution >= 0.6 is 0 Å². The van der Waals surface area contributed by atoms with E-state index >= 15 is 0 Å². The molecule has 4 nitrogen and oxygen atoms in total. The monoisotopic (exact) mass is 406 g/mol. The minimum absolute atomic E-state index is 0.124. The van der Waals surface area contributed by atoms with E-state index in [1.54, 1.807) is 36.1 Å². The third-order valence-corrected chi connectivity index (χ3v) is 5.21. The largest absolute Gasteiger partial charge is 0.489 e. The number of anilines is 1. The van der Waals surface area contributed by atoms with Gasteiger partial charge in [0.25, 0.3) is 0 Å². The maximum Gasteiger partial charge on any atom is 0.393 e. The number of rotatable bonds is 6. The molecule has 29 heavy (non-hydrogen) atoms. The Kier molecular flexibility index (Phi) is 6.79. The number of ether oxygens (including phenoxy) is 1. The number of amides is 1. The number of benzene rings is 2. The van der Waals surface area contributed by atoms with Crippen molar-refractivity contribution >= 4 is 11.6 Å². The molecular formula is C22H25F3N2O2. The predicted octanol–water partition coefficient (Wildman–Crippen LogP) is 4.87. The Hall–Kier alpha value is -2.54. The maximum atomic E-state index is 13.0. The van der Waals surface area contributed by atoms with Crippen LogP contribution in [0.5, 0.6) is 5.75 Å². The molecule has 0 spiro atoms. The van der Waals surface area contributed by atoms with Gasteiger partial charge in [0.1, 0.15) is 12.4 Å². The molecule has 0 radical (unpaired) electrons. The van der Waals surface area contributed by atoms with Crippen LogP contribution in [0.3, 0.4) is 0 Å². The summed E-state index contributed by atoms with van der Waals surface area (Å²) in [5.74, 6) is -1.01. The van der Waals surface area contributed by atoms with Crippen molar-refractivity contribution in [3.05, 3.63) is 60.2 Å². The van der Waals surface area contributed by atoms with Gasteiger partial charge >= 0.3 is 6.18 Å². The lowest BCUT2D eigenvalue weighted by molar-refractivity contribution is -0.188. The Labute approximate surface area is 168 Å². The molecular weight excluding hydrogens is 381 g/mol. The highest BCUT2D eigenvalue weighted by molar-refractivity contribution is 5.94. The number of hydrogen-bond acceptors (Lipinski definition) is 3. The third-order valence-electron chi connectivity index (χ3n) is 5.21. The van der Waals surface area contributed by atoms with E-state index in [0.717, 1.165) is 5.56 Å². The normalized spacial score (nSPS) is 18.8. The van der Waals surface area contributed by atoms with E-state index in [9.17, 15) is 18.0 Å². The third kappa shape index (κ3) is 5.97. The topological polar surface area (TPSA) is 41.6 Å². The van der Waals surface area contributed by atoms with Crippen LogP contribution in [0.15, 0.2) is 54.6 Å². The molecule has 1 amide bonds. The van der Waals surface area contributed by atoms with Crippen LogP contribution in [-0.2, 0) is 11.4 Å². The minimum atomic E-state index is -4.22. The number of hydrogen-bond donors (Lipinski definition) is 1. The second kappa shape index (κ2) is 9.31. The summed E-state index contributed by atoms with van der Waals surface area (Å²) in [4.78, 5) is 14.1. The lowest BCUT2D eigenvalue weighted by atomic mass is 9.96. The molecule has 7 heteroatoms. The molecule has 0 saturated carbocycles. The van der Waals surface area contributed by atoms with Gasteiger partial charge in [0.2, 0.25) is 5.91 Å². The highest BCUT2D eigenvalue weighted by Gasteiger charge is 2.43. The molecule has 1 saturated heterocycles. The Morgan fingerprint density at radius 2 is 1.86 bits per heavy atom. The summed E-state index contributed by atoms with van der Waals surface area (Å²) in [6.07, 6.45) is -3.65. The fraction of sp³-hybridized carbons (Fsp3) is 0.409. The second-order valence-corrected chi connectivity index (χ2v) is 7.34. The van der Waals surface area contributed by atoms with Gasteiger partial charge in [-0.1, -0.05) is 30.3 Å². The first-order valence-corrected chi connectivity index (χ1v) is 9.71. The summed E-state index contributed by atoms with van der Waals surface area (Å²) >= 11 is 0. The quantitative estimate of drug-likeness (QED) is 0.744. The highest BCUT2D eigenvalue weighted by Crippen LogP contribution is 2.33. The molecule has 2 atom stereocenters. The van der Waals surface area contributed by atoms with Gasteiger partial charge in [-0.2, -0.15) is 13.2 Å². The maximum absolute atomic E-state index is 13.0. The molecule has 2 aromatic rings. The predicted molar refractivity (Wildman–Crippen MR) is 106 cm³/mol. The van der Waals surface area contributed by atoms with Crippen molar-refractivity contribution in [1.29, 1.82) is 0 Å². The summed E-state index contributed by atoms with van der Waals surface area (Å²) < 4.78 is 44.7. The molecule has 1 aliphatic rings. The van der Waals surface area contributed by atoms with Crippen LogP contribution in [0, 0.1) is 5.92 Å². The first-order chi connectivity index (χ1) is 13.8. The smallest absolute Gasteiger partial charge is 0.393 e. The Morgan fingerprint density at radius 3 is 2.52 bits per heavy atom. The minimum Gasteiger partial charge on any atom is -0.489 e. The Bertz CT molecular complexity index is 794. The number of alkyl halides is 3. The molecule has 1 fully saturated rings. The van der Waals surface area contributed by atoms with E-state index < -0.39 is 18.1 Å². The zero-order valence-corrected chi connectivity index (χ0v) is 16.3. The summed E-state index contributed by atoms with van der Waals surface area (Å²) in [6.45, 7) is 2.45.